The van der Waals surface area contributed by atoms with Gasteiger partial charge in [-0.25, -0.2) is 18.4 Å². The van der Waals surface area contributed by atoms with Crippen molar-refractivity contribution < 1.29 is 17.6 Å². The molecular weight excluding hydrogens is 462 g/mol. The lowest BCUT2D eigenvalue weighted by atomic mass is 10.2. The smallest absolute Gasteiger partial charge is 0.258 e. The maximum absolute atomic E-state index is 12.8. The van der Waals surface area contributed by atoms with Crippen molar-refractivity contribution in [3.05, 3.63) is 45.1 Å². The van der Waals surface area contributed by atoms with Crippen molar-refractivity contribution in [3.63, 3.8) is 0 Å². The van der Waals surface area contributed by atoms with Crippen molar-refractivity contribution in [1.29, 1.82) is 0 Å². The predicted molar refractivity (Wildman–Crippen MR) is 115 cm³/mol. The standard InChI is InChI=1S/C17H15Cl2FN4O3S2/c1-9-16-14(22-8-21-9)10(7-28-16)17(25)23-15-11(18)3-4-12(13(15)19)24-29(26,27)6-2-5-20/h3-4,7-8,24H,2,5-6H2,1H3,(H,23,25). The maximum atomic E-state index is 12.8. The minimum Gasteiger partial charge on any atom is -0.319 e. The van der Waals surface area contributed by atoms with Crippen LogP contribution in [0.25, 0.3) is 10.2 Å². The summed E-state index contributed by atoms with van der Waals surface area (Å²) in [5.74, 6) is -0.903. The number of thiophene rings is 1. The Morgan fingerprint density at radius 3 is 2.76 bits per heavy atom. The van der Waals surface area contributed by atoms with Crippen LogP contribution in [0.3, 0.4) is 0 Å². The van der Waals surface area contributed by atoms with Gasteiger partial charge in [-0.2, -0.15) is 0 Å². The fraction of sp³-hybridized carbons (Fsp3) is 0.235. The zero-order valence-electron chi connectivity index (χ0n) is 15.0. The fourth-order valence-electron chi connectivity index (χ4n) is 2.52. The molecule has 0 saturated carbocycles. The summed E-state index contributed by atoms with van der Waals surface area (Å²) in [6.45, 7) is 1.06. The molecule has 12 heteroatoms. The average molecular weight is 477 g/mol. The molecule has 0 atom stereocenters. The van der Waals surface area contributed by atoms with Crippen LogP contribution in [-0.2, 0) is 10.0 Å². The zero-order valence-corrected chi connectivity index (χ0v) is 18.1. The van der Waals surface area contributed by atoms with E-state index in [0.29, 0.717) is 11.1 Å². The molecule has 0 aliphatic heterocycles. The Hall–Kier alpha value is -2.01. The molecule has 2 aromatic heterocycles. The monoisotopic (exact) mass is 476 g/mol. The molecular formula is C17H15Cl2FN4O3S2. The first-order chi connectivity index (χ1) is 13.7. The number of hydrogen-bond acceptors (Lipinski definition) is 6. The average Bonchev–Trinajstić information content (AvgIpc) is 3.11. The van der Waals surface area contributed by atoms with Crippen molar-refractivity contribution in [2.45, 2.75) is 13.3 Å². The number of carbonyl (C=O) groups excluding carboxylic acids is 1. The van der Waals surface area contributed by atoms with Crippen molar-refractivity contribution in [2.24, 2.45) is 0 Å². The Morgan fingerprint density at radius 1 is 1.28 bits per heavy atom. The Morgan fingerprint density at radius 2 is 2.03 bits per heavy atom. The lowest BCUT2D eigenvalue weighted by molar-refractivity contribution is 0.102. The van der Waals surface area contributed by atoms with E-state index < -0.39 is 28.4 Å². The van der Waals surface area contributed by atoms with Crippen LogP contribution in [0.4, 0.5) is 15.8 Å². The largest absolute Gasteiger partial charge is 0.319 e. The van der Waals surface area contributed by atoms with Gasteiger partial charge in [-0.1, -0.05) is 23.2 Å². The number of hydrogen-bond donors (Lipinski definition) is 2. The molecule has 2 N–H and O–H groups in total. The highest BCUT2D eigenvalue weighted by molar-refractivity contribution is 7.92. The molecule has 7 nitrogen and oxygen atoms in total. The summed E-state index contributed by atoms with van der Waals surface area (Å²) in [5.41, 5.74) is 1.64. The SMILES string of the molecule is Cc1ncnc2c(C(=O)Nc3c(Cl)ccc(NS(=O)(=O)CCCF)c3Cl)csc12. The van der Waals surface area contributed by atoms with E-state index in [9.17, 15) is 17.6 Å². The zero-order chi connectivity index (χ0) is 21.2. The first kappa shape index (κ1) is 21.7. The number of amides is 1. The van der Waals surface area contributed by atoms with Gasteiger partial charge in [-0.3, -0.25) is 13.9 Å². The topological polar surface area (TPSA) is 101 Å². The summed E-state index contributed by atoms with van der Waals surface area (Å²) in [4.78, 5) is 21.0. The van der Waals surface area contributed by atoms with E-state index in [1.165, 1.54) is 29.8 Å². The molecule has 3 aromatic rings. The van der Waals surface area contributed by atoms with E-state index in [1.54, 1.807) is 5.38 Å². The normalized spacial score (nSPS) is 11.6. The maximum Gasteiger partial charge on any atom is 0.258 e. The van der Waals surface area contributed by atoms with Gasteiger partial charge in [0.05, 0.1) is 55.3 Å². The first-order valence-corrected chi connectivity index (χ1v) is 11.6. The summed E-state index contributed by atoms with van der Waals surface area (Å²) in [7, 11) is -3.80. The van der Waals surface area contributed by atoms with E-state index in [-0.39, 0.29) is 27.8 Å². The highest BCUT2D eigenvalue weighted by atomic mass is 35.5. The van der Waals surface area contributed by atoms with Gasteiger partial charge in [-0.15, -0.1) is 11.3 Å². The van der Waals surface area contributed by atoms with E-state index >= 15 is 0 Å². The molecule has 2 heterocycles. The molecule has 154 valence electrons. The lowest BCUT2D eigenvalue weighted by Gasteiger charge is -2.14. The third-order valence-corrected chi connectivity index (χ3v) is 7.06. The predicted octanol–water partition coefficient (Wildman–Crippen LogP) is 4.66. The van der Waals surface area contributed by atoms with Crippen LogP contribution in [0.1, 0.15) is 22.5 Å². The van der Waals surface area contributed by atoms with Gasteiger partial charge in [0.15, 0.2) is 0 Å². The second-order valence-corrected chi connectivity index (χ2v) is 9.49. The van der Waals surface area contributed by atoms with Gasteiger partial charge in [0, 0.05) is 5.38 Å². The number of anilines is 2. The first-order valence-electron chi connectivity index (χ1n) is 8.28. The number of fused-ring (bicyclic) bond motifs is 1. The van der Waals surface area contributed by atoms with Crippen LogP contribution in [0.5, 0.6) is 0 Å². The van der Waals surface area contributed by atoms with Crippen LogP contribution >= 0.6 is 34.5 Å². The number of nitrogens with one attached hydrogen (secondary N) is 2. The van der Waals surface area contributed by atoms with Crippen molar-refractivity contribution in [2.75, 3.05) is 22.5 Å². The fourth-order valence-corrected chi connectivity index (χ4v) is 5.14. The highest BCUT2D eigenvalue weighted by Crippen LogP contribution is 2.37. The number of benzene rings is 1. The Bertz CT molecular complexity index is 1180. The lowest BCUT2D eigenvalue weighted by Crippen LogP contribution is -2.18. The van der Waals surface area contributed by atoms with E-state index in [1.807, 2.05) is 6.92 Å². The van der Waals surface area contributed by atoms with E-state index in [0.717, 1.165) is 10.4 Å². The quantitative estimate of drug-likeness (QED) is 0.516. The number of carbonyl (C=O) groups is 1. The van der Waals surface area contributed by atoms with Gasteiger partial charge in [0.2, 0.25) is 10.0 Å². The molecule has 3 rings (SSSR count). The Balaban J connectivity index is 1.90. The molecule has 0 radical (unpaired) electrons. The molecule has 0 spiro atoms. The molecule has 1 amide bonds. The van der Waals surface area contributed by atoms with Crippen molar-refractivity contribution >= 4 is 72.1 Å². The van der Waals surface area contributed by atoms with Crippen LogP contribution < -0.4 is 10.0 Å². The molecule has 1 aromatic carbocycles. The van der Waals surface area contributed by atoms with Gasteiger partial charge < -0.3 is 5.32 Å². The van der Waals surface area contributed by atoms with E-state index in [2.05, 4.69) is 20.0 Å². The number of aryl methyl sites for hydroxylation is 1. The minimum atomic E-state index is -3.80. The van der Waals surface area contributed by atoms with Crippen LogP contribution in [0.2, 0.25) is 10.0 Å². The van der Waals surface area contributed by atoms with Crippen LogP contribution in [0, 0.1) is 6.92 Å². The summed E-state index contributed by atoms with van der Waals surface area (Å²) < 4.78 is 39.4. The Kier molecular flexibility index (Phi) is 6.57. The van der Waals surface area contributed by atoms with Crippen LogP contribution in [0.15, 0.2) is 23.8 Å². The van der Waals surface area contributed by atoms with Crippen molar-refractivity contribution in [1.82, 2.24) is 9.97 Å². The summed E-state index contributed by atoms with van der Waals surface area (Å²) >= 11 is 13.8. The highest BCUT2D eigenvalue weighted by Gasteiger charge is 2.20. The van der Waals surface area contributed by atoms with Crippen molar-refractivity contribution in [3.8, 4) is 0 Å². The number of nitrogens with zero attached hydrogens (tertiary/aromatic N) is 2. The third-order valence-electron chi connectivity index (χ3n) is 3.92. The van der Waals surface area contributed by atoms with E-state index in [4.69, 9.17) is 23.2 Å². The van der Waals surface area contributed by atoms with Gasteiger partial charge in [-0.05, 0) is 25.5 Å². The minimum absolute atomic E-state index is 0.0265. The molecule has 0 fully saturated rings. The molecule has 0 saturated heterocycles. The summed E-state index contributed by atoms with van der Waals surface area (Å²) in [6, 6.07) is 2.76. The van der Waals surface area contributed by atoms with Crippen LogP contribution in [-0.4, -0.2) is 36.7 Å². The molecule has 29 heavy (non-hydrogen) atoms. The van der Waals surface area contributed by atoms with Gasteiger partial charge in [0.25, 0.3) is 5.91 Å². The molecule has 0 bridgehead atoms. The molecule has 0 aliphatic carbocycles. The molecule has 0 aliphatic rings. The second-order valence-electron chi connectivity index (χ2n) is 5.99. The number of rotatable bonds is 7. The number of sulfonamides is 1. The molecule has 0 unspecified atom stereocenters. The summed E-state index contributed by atoms with van der Waals surface area (Å²) in [5, 5.41) is 4.30. The van der Waals surface area contributed by atoms with Gasteiger partial charge >= 0.3 is 0 Å². The third kappa shape index (κ3) is 4.77. The number of alkyl halides is 1. The summed E-state index contributed by atoms with van der Waals surface area (Å²) in [6.07, 6.45) is 1.23. The Labute approximate surface area is 180 Å². The number of halogens is 3. The second kappa shape index (κ2) is 8.78. The number of aromatic nitrogens is 2. The van der Waals surface area contributed by atoms with Gasteiger partial charge in [0.1, 0.15) is 6.33 Å².